The summed E-state index contributed by atoms with van der Waals surface area (Å²) in [5.74, 6) is 1.85. The van der Waals surface area contributed by atoms with E-state index in [1.165, 1.54) is 0 Å². The fraction of sp³-hybridized carbons (Fsp3) is 0.278. The Morgan fingerprint density at radius 2 is 1.62 bits per heavy atom. The molecule has 0 aliphatic heterocycles. The number of carbonyl (C=O) groups is 1. The number of rotatable bonds is 8. The van der Waals surface area contributed by atoms with Gasteiger partial charge in [0, 0.05) is 24.7 Å². The smallest absolute Gasteiger partial charge is 0.226 e. The number of ether oxygens (including phenoxy) is 3. The van der Waals surface area contributed by atoms with Gasteiger partial charge < -0.3 is 24.8 Å². The van der Waals surface area contributed by atoms with Crippen LogP contribution in [0.15, 0.2) is 42.5 Å². The van der Waals surface area contributed by atoms with Crippen LogP contribution >= 0.6 is 0 Å². The largest absolute Gasteiger partial charge is 0.495 e. The predicted octanol–water partition coefficient (Wildman–Crippen LogP) is 3.15. The average Bonchev–Trinajstić information content (AvgIpc) is 2.62. The van der Waals surface area contributed by atoms with E-state index in [0.717, 1.165) is 5.69 Å². The van der Waals surface area contributed by atoms with Crippen molar-refractivity contribution in [1.29, 1.82) is 0 Å². The fourth-order valence-electron chi connectivity index (χ4n) is 2.23. The number of nitrogens with one attached hydrogen (secondary N) is 2. The highest BCUT2D eigenvalue weighted by Gasteiger charge is 2.08. The van der Waals surface area contributed by atoms with Crippen LogP contribution in [0, 0.1) is 0 Å². The van der Waals surface area contributed by atoms with Gasteiger partial charge in [0.1, 0.15) is 5.75 Å². The quantitative estimate of drug-likeness (QED) is 0.778. The third kappa shape index (κ3) is 4.55. The molecule has 0 saturated heterocycles. The van der Waals surface area contributed by atoms with Crippen molar-refractivity contribution in [2.45, 2.75) is 6.42 Å². The third-order valence-corrected chi connectivity index (χ3v) is 3.45. The second kappa shape index (κ2) is 8.67. The van der Waals surface area contributed by atoms with E-state index in [-0.39, 0.29) is 5.91 Å². The monoisotopic (exact) mass is 330 g/mol. The molecule has 0 aliphatic rings. The van der Waals surface area contributed by atoms with Gasteiger partial charge in [-0.05, 0) is 24.3 Å². The van der Waals surface area contributed by atoms with Crippen LogP contribution in [0.5, 0.6) is 17.2 Å². The van der Waals surface area contributed by atoms with Gasteiger partial charge in [-0.15, -0.1) is 0 Å². The molecule has 0 fully saturated rings. The third-order valence-electron chi connectivity index (χ3n) is 3.45. The molecule has 2 aromatic rings. The maximum absolute atomic E-state index is 12.0. The molecule has 0 aliphatic carbocycles. The zero-order chi connectivity index (χ0) is 17.4. The van der Waals surface area contributed by atoms with Gasteiger partial charge in [0.2, 0.25) is 5.91 Å². The van der Waals surface area contributed by atoms with Gasteiger partial charge in [0.05, 0.1) is 27.0 Å². The number of para-hydroxylation sites is 2. The molecule has 2 N–H and O–H groups in total. The molecule has 2 rings (SSSR count). The molecule has 24 heavy (non-hydrogen) atoms. The maximum Gasteiger partial charge on any atom is 0.226 e. The summed E-state index contributed by atoms with van der Waals surface area (Å²) in [4.78, 5) is 12.0. The highest BCUT2D eigenvalue weighted by atomic mass is 16.5. The summed E-state index contributed by atoms with van der Waals surface area (Å²) in [5.41, 5.74) is 1.52. The summed E-state index contributed by atoms with van der Waals surface area (Å²) in [6, 6.07) is 12.8. The van der Waals surface area contributed by atoms with Gasteiger partial charge >= 0.3 is 0 Å². The Bertz CT molecular complexity index is 688. The molecule has 0 heterocycles. The minimum Gasteiger partial charge on any atom is -0.495 e. The molecule has 6 nitrogen and oxygen atoms in total. The van der Waals surface area contributed by atoms with Crippen molar-refractivity contribution in [2.75, 3.05) is 38.5 Å². The second-order valence-corrected chi connectivity index (χ2v) is 4.99. The van der Waals surface area contributed by atoms with E-state index in [1.807, 2.05) is 30.3 Å². The van der Waals surface area contributed by atoms with E-state index in [2.05, 4.69) is 10.6 Å². The standard InChI is InChI=1S/C18H22N2O4/c1-22-15-7-5-4-6-14(15)20-18(21)10-11-19-13-8-9-16(23-2)17(12-13)24-3/h4-9,12,19H,10-11H2,1-3H3,(H,20,21). The van der Waals surface area contributed by atoms with Gasteiger partial charge in [-0.25, -0.2) is 0 Å². The molecule has 128 valence electrons. The lowest BCUT2D eigenvalue weighted by atomic mass is 10.2. The first-order chi connectivity index (χ1) is 11.7. The number of benzene rings is 2. The van der Waals surface area contributed by atoms with Crippen LogP contribution in [0.25, 0.3) is 0 Å². The first-order valence-electron chi connectivity index (χ1n) is 7.56. The lowest BCUT2D eigenvalue weighted by Gasteiger charge is -2.12. The Labute approximate surface area is 141 Å². The lowest BCUT2D eigenvalue weighted by molar-refractivity contribution is -0.116. The number of anilines is 2. The Morgan fingerprint density at radius 3 is 2.33 bits per heavy atom. The summed E-state index contributed by atoms with van der Waals surface area (Å²) < 4.78 is 15.7. The zero-order valence-corrected chi connectivity index (χ0v) is 14.1. The SMILES string of the molecule is COc1ccccc1NC(=O)CCNc1ccc(OC)c(OC)c1. The number of carbonyl (C=O) groups excluding carboxylic acids is 1. The fourth-order valence-corrected chi connectivity index (χ4v) is 2.23. The topological polar surface area (TPSA) is 68.8 Å². The van der Waals surface area contributed by atoms with Crippen LogP contribution < -0.4 is 24.8 Å². The normalized spacial score (nSPS) is 9.96. The van der Waals surface area contributed by atoms with Crippen molar-refractivity contribution < 1.29 is 19.0 Å². The molecular weight excluding hydrogens is 308 g/mol. The number of hydrogen-bond acceptors (Lipinski definition) is 5. The van der Waals surface area contributed by atoms with Gasteiger partial charge in [0.15, 0.2) is 11.5 Å². The first kappa shape index (κ1) is 17.5. The van der Waals surface area contributed by atoms with Crippen LogP contribution in [0.3, 0.4) is 0 Å². The minimum absolute atomic E-state index is 0.0903. The molecule has 0 bridgehead atoms. The zero-order valence-electron chi connectivity index (χ0n) is 14.1. The molecule has 1 amide bonds. The minimum atomic E-state index is -0.0903. The van der Waals surface area contributed by atoms with Crippen LogP contribution in [0.4, 0.5) is 11.4 Å². The van der Waals surface area contributed by atoms with Crippen LogP contribution in [0.2, 0.25) is 0 Å². The summed E-state index contributed by atoms with van der Waals surface area (Å²) in [6.45, 7) is 0.496. The maximum atomic E-state index is 12.0. The van der Waals surface area contributed by atoms with Crippen molar-refractivity contribution in [3.8, 4) is 17.2 Å². The Kier molecular flexibility index (Phi) is 6.31. The molecular formula is C18H22N2O4. The summed E-state index contributed by atoms with van der Waals surface area (Å²) in [5, 5.41) is 6.03. The predicted molar refractivity (Wildman–Crippen MR) is 94.3 cm³/mol. The Balaban J connectivity index is 1.86. The van der Waals surface area contributed by atoms with Crippen molar-refractivity contribution >= 4 is 17.3 Å². The number of hydrogen-bond donors (Lipinski definition) is 2. The molecule has 0 saturated carbocycles. The van der Waals surface area contributed by atoms with Gasteiger partial charge in [-0.2, -0.15) is 0 Å². The highest BCUT2D eigenvalue weighted by molar-refractivity contribution is 5.92. The molecule has 0 aromatic heterocycles. The van der Waals surface area contributed by atoms with Crippen molar-refractivity contribution in [3.05, 3.63) is 42.5 Å². The number of methoxy groups -OCH3 is 3. The van der Waals surface area contributed by atoms with Crippen molar-refractivity contribution in [3.63, 3.8) is 0 Å². The second-order valence-electron chi connectivity index (χ2n) is 4.99. The van der Waals surface area contributed by atoms with E-state index < -0.39 is 0 Å². The molecule has 0 spiro atoms. The molecule has 6 heteroatoms. The van der Waals surface area contributed by atoms with Gasteiger partial charge in [-0.1, -0.05) is 12.1 Å². The van der Waals surface area contributed by atoms with E-state index in [1.54, 1.807) is 33.5 Å². The van der Waals surface area contributed by atoms with Crippen LogP contribution in [-0.2, 0) is 4.79 Å². The van der Waals surface area contributed by atoms with Crippen LogP contribution in [0.1, 0.15) is 6.42 Å². The average molecular weight is 330 g/mol. The summed E-state index contributed by atoms with van der Waals surface area (Å²) in [6.07, 6.45) is 0.326. The van der Waals surface area contributed by atoms with Crippen molar-refractivity contribution in [2.24, 2.45) is 0 Å². The van der Waals surface area contributed by atoms with E-state index >= 15 is 0 Å². The molecule has 0 radical (unpaired) electrons. The number of amides is 1. The molecule has 0 unspecified atom stereocenters. The van der Waals surface area contributed by atoms with E-state index in [4.69, 9.17) is 14.2 Å². The van der Waals surface area contributed by atoms with Gasteiger partial charge in [0.25, 0.3) is 0 Å². The molecule has 2 aromatic carbocycles. The summed E-state index contributed by atoms with van der Waals surface area (Å²) >= 11 is 0. The Hall–Kier alpha value is -2.89. The van der Waals surface area contributed by atoms with E-state index in [9.17, 15) is 4.79 Å². The Morgan fingerprint density at radius 1 is 0.917 bits per heavy atom. The van der Waals surface area contributed by atoms with Crippen LogP contribution in [-0.4, -0.2) is 33.8 Å². The first-order valence-corrected chi connectivity index (χ1v) is 7.56. The molecule has 0 atom stereocenters. The van der Waals surface area contributed by atoms with E-state index in [0.29, 0.717) is 35.9 Å². The van der Waals surface area contributed by atoms with Crippen molar-refractivity contribution in [1.82, 2.24) is 0 Å². The summed E-state index contributed by atoms with van der Waals surface area (Å²) in [7, 11) is 4.75. The lowest BCUT2D eigenvalue weighted by Crippen LogP contribution is -2.16. The van der Waals surface area contributed by atoms with Gasteiger partial charge in [-0.3, -0.25) is 4.79 Å². The highest BCUT2D eigenvalue weighted by Crippen LogP contribution is 2.29.